The van der Waals surface area contributed by atoms with Gasteiger partial charge in [-0.05, 0) is 18.2 Å². The molecule has 0 atom stereocenters. The summed E-state index contributed by atoms with van der Waals surface area (Å²) < 4.78 is 23.3. The number of benzene rings is 1. The lowest BCUT2D eigenvalue weighted by atomic mass is 10.3. The van der Waals surface area contributed by atoms with Gasteiger partial charge in [-0.3, -0.25) is 19.7 Å². The second-order valence-corrected chi connectivity index (χ2v) is 5.26. The zero-order chi connectivity index (χ0) is 19.1. The lowest BCUT2D eigenvalue weighted by Gasteiger charge is -2.17. The maximum absolute atomic E-state index is 13.2. The molecule has 0 spiro atoms. The van der Waals surface area contributed by atoms with E-state index < -0.39 is 34.8 Å². The van der Waals surface area contributed by atoms with Gasteiger partial charge in [0, 0.05) is 19.2 Å². The smallest absolute Gasteiger partial charge is 0.311 e. The molecule has 0 fully saturated rings. The molecule has 2 aromatic rings. The van der Waals surface area contributed by atoms with Crippen LogP contribution in [-0.4, -0.2) is 41.8 Å². The summed E-state index contributed by atoms with van der Waals surface area (Å²) in [4.78, 5) is 35.0. The lowest BCUT2D eigenvalue weighted by Crippen LogP contribution is -2.40. The highest BCUT2D eigenvalue weighted by Gasteiger charge is 2.19. The highest BCUT2D eigenvalue weighted by atomic mass is 19.1. The summed E-state index contributed by atoms with van der Waals surface area (Å²) in [5.74, 6) is -1.55. The van der Waals surface area contributed by atoms with Crippen LogP contribution in [0.25, 0.3) is 0 Å². The number of nitro benzene ring substituents is 1. The Balaban J connectivity index is 1.84. The Hall–Kier alpha value is -3.43. The molecule has 0 bridgehead atoms. The van der Waals surface area contributed by atoms with Gasteiger partial charge in [0.25, 0.3) is 5.91 Å². The maximum Gasteiger partial charge on any atom is 0.311 e. The number of furan rings is 1. The molecule has 9 nitrogen and oxygen atoms in total. The number of hydrogen-bond acceptors (Lipinski definition) is 6. The predicted molar refractivity (Wildman–Crippen MR) is 86.7 cm³/mol. The molecule has 26 heavy (non-hydrogen) atoms. The molecule has 0 saturated carbocycles. The Kier molecular flexibility index (Phi) is 6.25. The van der Waals surface area contributed by atoms with E-state index in [-0.39, 0.29) is 18.8 Å². The number of amides is 2. The van der Waals surface area contributed by atoms with E-state index >= 15 is 0 Å². The van der Waals surface area contributed by atoms with E-state index in [1.807, 2.05) is 0 Å². The molecular formula is C16H16FN3O6. The Bertz CT molecular complexity index is 793. The Morgan fingerprint density at radius 2 is 2.15 bits per heavy atom. The molecule has 1 aromatic heterocycles. The van der Waals surface area contributed by atoms with Crippen molar-refractivity contribution in [3.8, 4) is 5.75 Å². The molecule has 10 heteroatoms. The van der Waals surface area contributed by atoms with Gasteiger partial charge in [-0.25, -0.2) is 4.39 Å². The zero-order valence-corrected chi connectivity index (χ0v) is 13.8. The number of carbonyl (C=O) groups excluding carboxylic acids is 2. The molecule has 138 valence electrons. The molecule has 2 amide bonds. The van der Waals surface area contributed by atoms with Crippen LogP contribution in [-0.2, 0) is 16.1 Å². The molecule has 1 N–H and O–H groups in total. The first-order valence-electron chi connectivity index (χ1n) is 7.46. The fourth-order valence-corrected chi connectivity index (χ4v) is 1.96. The van der Waals surface area contributed by atoms with Gasteiger partial charge in [0.1, 0.15) is 11.6 Å². The van der Waals surface area contributed by atoms with Crippen molar-refractivity contribution >= 4 is 17.5 Å². The minimum atomic E-state index is -0.745. The standard InChI is InChI=1S/C16H16FN3O6/c1-19(9-15(21)18-8-12-3-2-6-25-12)16(22)10-26-14-7-11(17)4-5-13(14)20(23)24/h2-7H,8-10H2,1H3,(H,18,21). The van der Waals surface area contributed by atoms with Crippen LogP contribution in [0.15, 0.2) is 41.0 Å². The lowest BCUT2D eigenvalue weighted by molar-refractivity contribution is -0.385. The first kappa shape index (κ1) is 18.9. The second kappa shape index (κ2) is 8.60. The zero-order valence-electron chi connectivity index (χ0n) is 13.8. The predicted octanol–water partition coefficient (Wildman–Crippen LogP) is 1.48. The summed E-state index contributed by atoms with van der Waals surface area (Å²) >= 11 is 0. The fraction of sp³-hybridized carbons (Fsp3) is 0.250. The summed E-state index contributed by atoms with van der Waals surface area (Å²) in [7, 11) is 1.37. The van der Waals surface area contributed by atoms with E-state index in [0.717, 1.165) is 23.1 Å². The van der Waals surface area contributed by atoms with Gasteiger partial charge >= 0.3 is 5.69 Å². The van der Waals surface area contributed by atoms with Gasteiger partial charge in [0.05, 0.1) is 24.3 Å². The van der Waals surface area contributed by atoms with Gasteiger partial charge in [-0.2, -0.15) is 0 Å². The molecule has 0 radical (unpaired) electrons. The molecule has 1 aromatic carbocycles. The quantitative estimate of drug-likeness (QED) is 0.560. The van der Waals surface area contributed by atoms with Gasteiger partial charge in [0.15, 0.2) is 6.61 Å². The maximum atomic E-state index is 13.2. The Labute approximate surface area is 147 Å². The molecule has 2 rings (SSSR count). The highest BCUT2D eigenvalue weighted by Crippen LogP contribution is 2.27. The number of likely N-dealkylation sites (N-methyl/N-ethyl adjacent to an activating group) is 1. The minimum Gasteiger partial charge on any atom is -0.477 e. The molecule has 0 aliphatic heterocycles. The van der Waals surface area contributed by atoms with E-state index in [1.54, 1.807) is 12.1 Å². The van der Waals surface area contributed by atoms with Crippen molar-refractivity contribution in [1.82, 2.24) is 10.2 Å². The summed E-state index contributed by atoms with van der Waals surface area (Å²) in [6.07, 6.45) is 1.47. The van der Waals surface area contributed by atoms with Crippen LogP contribution in [0.2, 0.25) is 0 Å². The van der Waals surface area contributed by atoms with Crippen LogP contribution in [0, 0.1) is 15.9 Å². The van der Waals surface area contributed by atoms with E-state index in [1.165, 1.54) is 13.3 Å². The summed E-state index contributed by atoms with van der Waals surface area (Å²) in [5, 5.41) is 13.4. The first-order chi connectivity index (χ1) is 12.4. The van der Waals surface area contributed by atoms with Crippen LogP contribution in [0.3, 0.4) is 0 Å². The van der Waals surface area contributed by atoms with Crippen molar-refractivity contribution in [1.29, 1.82) is 0 Å². The molecule has 0 aliphatic rings. The van der Waals surface area contributed by atoms with Crippen molar-refractivity contribution in [2.75, 3.05) is 20.2 Å². The van der Waals surface area contributed by atoms with Crippen LogP contribution in [0.4, 0.5) is 10.1 Å². The largest absolute Gasteiger partial charge is 0.477 e. The average Bonchev–Trinajstić information content (AvgIpc) is 3.11. The topological polar surface area (TPSA) is 115 Å². The summed E-state index contributed by atoms with van der Waals surface area (Å²) in [6.45, 7) is -0.639. The number of rotatable bonds is 8. The molecule has 0 saturated heterocycles. The second-order valence-electron chi connectivity index (χ2n) is 5.26. The molecule has 0 unspecified atom stereocenters. The number of nitrogens with zero attached hydrogens (tertiary/aromatic N) is 2. The number of ether oxygens (including phenoxy) is 1. The van der Waals surface area contributed by atoms with E-state index in [0.29, 0.717) is 5.76 Å². The third-order valence-electron chi connectivity index (χ3n) is 3.32. The van der Waals surface area contributed by atoms with Crippen LogP contribution < -0.4 is 10.1 Å². The summed E-state index contributed by atoms with van der Waals surface area (Å²) in [5.41, 5.74) is -0.460. The van der Waals surface area contributed by atoms with E-state index in [9.17, 15) is 24.1 Å². The van der Waals surface area contributed by atoms with E-state index in [4.69, 9.17) is 9.15 Å². The first-order valence-corrected chi connectivity index (χ1v) is 7.46. The van der Waals surface area contributed by atoms with Gasteiger partial charge < -0.3 is 19.4 Å². The third-order valence-corrected chi connectivity index (χ3v) is 3.32. The third kappa shape index (κ3) is 5.30. The van der Waals surface area contributed by atoms with Crippen molar-refractivity contribution in [2.24, 2.45) is 0 Å². The van der Waals surface area contributed by atoms with Crippen molar-refractivity contribution in [2.45, 2.75) is 6.54 Å². The molecule has 1 heterocycles. The number of carbonyl (C=O) groups is 2. The Morgan fingerprint density at radius 3 is 2.81 bits per heavy atom. The van der Waals surface area contributed by atoms with Crippen molar-refractivity contribution in [3.63, 3.8) is 0 Å². The van der Waals surface area contributed by atoms with Gasteiger partial charge in [0.2, 0.25) is 11.7 Å². The molecule has 0 aliphatic carbocycles. The normalized spacial score (nSPS) is 10.2. The molecular weight excluding hydrogens is 349 g/mol. The minimum absolute atomic E-state index is 0.180. The van der Waals surface area contributed by atoms with Crippen LogP contribution in [0.1, 0.15) is 5.76 Å². The van der Waals surface area contributed by atoms with Gasteiger partial charge in [-0.1, -0.05) is 0 Å². The summed E-state index contributed by atoms with van der Waals surface area (Å²) in [6, 6.07) is 6.06. The number of nitro groups is 1. The van der Waals surface area contributed by atoms with E-state index in [2.05, 4.69) is 5.32 Å². The Morgan fingerprint density at radius 1 is 1.38 bits per heavy atom. The average molecular weight is 365 g/mol. The van der Waals surface area contributed by atoms with Crippen LogP contribution in [0.5, 0.6) is 5.75 Å². The number of hydrogen-bond donors (Lipinski definition) is 1. The SMILES string of the molecule is CN(CC(=O)NCc1ccco1)C(=O)COc1cc(F)ccc1[N+](=O)[O-]. The number of nitrogens with one attached hydrogen (secondary N) is 1. The fourth-order valence-electron chi connectivity index (χ4n) is 1.96. The van der Waals surface area contributed by atoms with Crippen LogP contribution >= 0.6 is 0 Å². The monoisotopic (exact) mass is 365 g/mol. The van der Waals surface area contributed by atoms with Crippen molar-refractivity contribution in [3.05, 3.63) is 58.3 Å². The van der Waals surface area contributed by atoms with Crippen molar-refractivity contribution < 1.29 is 28.1 Å². The van der Waals surface area contributed by atoms with Gasteiger partial charge in [-0.15, -0.1) is 0 Å². The number of halogens is 1. The highest BCUT2D eigenvalue weighted by molar-refractivity contribution is 5.85.